The second-order valence-corrected chi connectivity index (χ2v) is 8.73. The van der Waals surface area contributed by atoms with Crippen LogP contribution >= 0.6 is 0 Å². The highest BCUT2D eigenvalue weighted by Gasteiger charge is 2.20. The van der Waals surface area contributed by atoms with Crippen LogP contribution in [-0.2, 0) is 9.47 Å². The molecule has 1 N–H and O–H groups in total. The lowest BCUT2D eigenvalue weighted by Gasteiger charge is -2.33. The van der Waals surface area contributed by atoms with Crippen molar-refractivity contribution in [1.29, 1.82) is 0 Å². The Bertz CT molecular complexity index is 1240. The summed E-state index contributed by atoms with van der Waals surface area (Å²) < 4.78 is 16.8. The molecule has 1 amide bonds. The minimum Gasteiger partial charge on any atom is -0.457 e. The van der Waals surface area contributed by atoms with Gasteiger partial charge in [0.1, 0.15) is 11.5 Å². The van der Waals surface area contributed by atoms with Crippen LogP contribution in [0.25, 0.3) is 0 Å². The fraction of sp³-hybridized carbons (Fsp3) is 0.296. The maximum absolute atomic E-state index is 13.1. The predicted molar refractivity (Wildman–Crippen MR) is 140 cm³/mol. The first-order valence-corrected chi connectivity index (χ1v) is 12.2. The van der Waals surface area contributed by atoms with Crippen LogP contribution in [0.3, 0.4) is 0 Å². The molecule has 2 fully saturated rings. The Morgan fingerprint density at radius 3 is 1.97 bits per heavy atom. The summed E-state index contributed by atoms with van der Waals surface area (Å²) in [7, 11) is 0. The number of benzene rings is 3. The number of ether oxygens (including phenoxy) is 3. The number of carbonyl (C=O) groups is 1. The molecule has 0 radical (unpaired) electrons. The fourth-order valence-corrected chi connectivity index (χ4v) is 4.35. The molecule has 192 valence electrons. The summed E-state index contributed by atoms with van der Waals surface area (Å²) in [6.45, 7) is 5.88. The van der Waals surface area contributed by atoms with Crippen molar-refractivity contribution in [2.24, 2.45) is 0 Å². The lowest BCUT2D eigenvalue weighted by atomic mass is 10.1. The number of morpholine rings is 2. The van der Waals surface area contributed by atoms with E-state index in [1.807, 2.05) is 12.1 Å². The van der Waals surface area contributed by atoms with Crippen molar-refractivity contribution >= 4 is 28.7 Å². The van der Waals surface area contributed by atoms with Gasteiger partial charge in [-0.1, -0.05) is 0 Å². The molecule has 2 saturated heterocycles. The van der Waals surface area contributed by atoms with Crippen LogP contribution in [0.1, 0.15) is 10.4 Å². The maximum atomic E-state index is 13.1. The van der Waals surface area contributed by atoms with Crippen LogP contribution in [0.2, 0.25) is 0 Å². The second kappa shape index (κ2) is 11.3. The highest BCUT2D eigenvalue weighted by atomic mass is 16.6. The van der Waals surface area contributed by atoms with Crippen molar-refractivity contribution in [3.05, 3.63) is 82.4 Å². The molecule has 2 heterocycles. The zero-order valence-corrected chi connectivity index (χ0v) is 20.3. The molecule has 0 atom stereocenters. The molecule has 2 aliphatic heterocycles. The van der Waals surface area contributed by atoms with E-state index in [2.05, 4.69) is 21.2 Å². The van der Waals surface area contributed by atoms with Crippen LogP contribution in [0, 0.1) is 10.1 Å². The summed E-state index contributed by atoms with van der Waals surface area (Å²) in [5.41, 5.74) is 3.31. The van der Waals surface area contributed by atoms with Crippen LogP contribution in [0.15, 0.2) is 66.7 Å². The van der Waals surface area contributed by atoms with Crippen molar-refractivity contribution < 1.29 is 23.9 Å². The third kappa shape index (κ3) is 5.99. The van der Waals surface area contributed by atoms with E-state index in [0.717, 1.165) is 43.2 Å². The molecule has 0 saturated carbocycles. The van der Waals surface area contributed by atoms with E-state index < -0.39 is 4.92 Å². The average Bonchev–Trinajstić information content (AvgIpc) is 2.95. The minimum absolute atomic E-state index is 0.00575. The van der Waals surface area contributed by atoms with Gasteiger partial charge in [-0.05, 0) is 54.6 Å². The van der Waals surface area contributed by atoms with E-state index in [-0.39, 0.29) is 11.6 Å². The van der Waals surface area contributed by atoms with Crippen LogP contribution in [-0.4, -0.2) is 63.4 Å². The van der Waals surface area contributed by atoms with Gasteiger partial charge < -0.3 is 29.3 Å². The molecule has 3 aromatic rings. The monoisotopic (exact) mass is 504 g/mol. The summed E-state index contributed by atoms with van der Waals surface area (Å²) in [4.78, 5) is 28.0. The number of nitrogens with zero attached hydrogens (tertiary/aromatic N) is 3. The number of carbonyl (C=O) groups excluding carboxylic acids is 1. The van der Waals surface area contributed by atoms with E-state index in [0.29, 0.717) is 43.5 Å². The van der Waals surface area contributed by atoms with E-state index >= 15 is 0 Å². The first kappa shape index (κ1) is 24.5. The van der Waals surface area contributed by atoms with E-state index in [4.69, 9.17) is 14.2 Å². The van der Waals surface area contributed by atoms with Crippen molar-refractivity contribution in [2.45, 2.75) is 0 Å². The van der Waals surface area contributed by atoms with E-state index in [1.54, 1.807) is 24.3 Å². The first-order valence-electron chi connectivity index (χ1n) is 12.2. The normalized spacial score (nSPS) is 15.8. The van der Waals surface area contributed by atoms with Crippen LogP contribution in [0.5, 0.6) is 11.5 Å². The van der Waals surface area contributed by atoms with Gasteiger partial charge in [-0.2, -0.15) is 0 Å². The third-order valence-corrected chi connectivity index (χ3v) is 6.36. The largest absolute Gasteiger partial charge is 0.457 e. The SMILES string of the molecule is O=C(Nc1ccc(N2CCOCC2)cc1N1CCOCC1)c1ccc(Oc2ccc([N+](=O)[O-])cc2)cc1. The van der Waals surface area contributed by atoms with Crippen LogP contribution < -0.4 is 19.9 Å². The molecule has 0 aromatic heterocycles. The standard InChI is InChI=1S/C27H28N4O6/c32-27(20-1-6-23(7-2-20)37-24-8-3-21(4-9-24)31(33)34)28-25-10-5-22(29-11-15-35-16-12-29)19-26(25)30-13-17-36-18-14-30/h1-10,19H,11-18H2,(H,28,32). The quantitative estimate of drug-likeness (QED) is 0.375. The Morgan fingerprint density at radius 1 is 0.811 bits per heavy atom. The number of amides is 1. The van der Waals surface area contributed by atoms with Crippen molar-refractivity contribution in [1.82, 2.24) is 0 Å². The predicted octanol–water partition coefficient (Wildman–Crippen LogP) is 4.31. The third-order valence-electron chi connectivity index (χ3n) is 6.36. The van der Waals surface area contributed by atoms with Gasteiger partial charge in [0, 0.05) is 49.6 Å². The smallest absolute Gasteiger partial charge is 0.269 e. The molecule has 0 unspecified atom stereocenters. The summed E-state index contributed by atoms with van der Waals surface area (Å²) in [5, 5.41) is 13.9. The van der Waals surface area contributed by atoms with E-state index in [9.17, 15) is 14.9 Å². The zero-order valence-electron chi connectivity index (χ0n) is 20.3. The molecule has 5 rings (SSSR count). The van der Waals surface area contributed by atoms with Crippen LogP contribution in [0.4, 0.5) is 22.7 Å². The lowest BCUT2D eigenvalue weighted by molar-refractivity contribution is -0.384. The fourth-order valence-electron chi connectivity index (χ4n) is 4.35. The Morgan fingerprint density at radius 2 is 1.38 bits per heavy atom. The molecule has 10 heteroatoms. The Kier molecular flexibility index (Phi) is 7.48. The number of nitro groups is 1. The molecule has 37 heavy (non-hydrogen) atoms. The van der Waals surface area contributed by atoms with Gasteiger partial charge in [-0.3, -0.25) is 14.9 Å². The number of anilines is 3. The summed E-state index contributed by atoms with van der Waals surface area (Å²) in [6, 6.07) is 18.7. The van der Waals surface area contributed by atoms with Crippen molar-refractivity contribution in [2.75, 3.05) is 67.7 Å². The molecule has 3 aromatic carbocycles. The zero-order chi connectivity index (χ0) is 25.6. The Hall–Kier alpha value is -4.15. The average molecular weight is 505 g/mol. The van der Waals surface area contributed by atoms with E-state index in [1.165, 1.54) is 24.3 Å². The number of nitro benzene ring substituents is 1. The molecule has 2 aliphatic rings. The molecule has 10 nitrogen and oxygen atoms in total. The Balaban J connectivity index is 1.30. The number of rotatable bonds is 7. The topological polar surface area (TPSA) is 106 Å². The second-order valence-electron chi connectivity index (χ2n) is 8.73. The highest BCUT2D eigenvalue weighted by molar-refractivity contribution is 6.06. The first-order chi connectivity index (χ1) is 18.1. The summed E-state index contributed by atoms with van der Waals surface area (Å²) in [6.07, 6.45) is 0. The van der Waals surface area contributed by atoms with Gasteiger partial charge in [0.05, 0.1) is 42.7 Å². The number of hydrogen-bond acceptors (Lipinski definition) is 8. The number of hydrogen-bond donors (Lipinski definition) is 1. The summed E-state index contributed by atoms with van der Waals surface area (Å²) >= 11 is 0. The molecule has 0 spiro atoms. The van der Waals surface area contributed by atoms with Gasteiger partial charge in [-0.15, -0.1) is 0 Å². The van der Waals surface area contributed by atoms with Gasteiger partial charge in [0.25, 0.3) is 11.6 Å². The summed E-state index contributed by atoms with van der Waals surface area (Å²) in [5.74, 6) is 0.767. The molecule has 0 bridgehead atoms. The van der Waals surface area contributed by atoms with Gasteiger partial charge >= 0.3 is 0 Å². The van der Waals surface area contributed by atoms with Crippen molar-refractivity contribution in [3.63, 3.8) is 0 Å². The molecule has 0 aliphatic carbocycles. The number of nitrogens with one attached hydrogen (secondary N) is 1. The number of non-ortho nitro benzene ring substituents is 1. The molecular weight excluding hydrogens is 476 g/mol. The molecular formula is C27H28N4O6. The maximum Gasteiger partial charge on any atom is 0.269 e. The Labute approximate surface area is 214 Å². The lowest BCUT2D eigenvalue weighted by Crippen LogP contribution is -2.38. The highest BCUT2D eigenvalue weighted by Crippen LogP contribution is 2.33. The van der Waals surface area contributed by atoms with Crippen molar-refractivity contribution in [3.8, 4) is 11.5 Å². The van der Waals surface area contributed by atoms with Gasteiger partial charge in [-0.25, -0.2) is 0 Å². The van der Waals surface area contributed by atoms with Gasteiger partial charge in [0.15, 0.2) is 0 Å². The van der Waals surface area contributed by atoms with Gasteiger partial charge in [0.2, 0.25) is 0 Å². The minimum atomic E-state index is -0.460.